The summed E-state index contributed by atoms with van der Waals surface area (Å²) in [6.45, 7) is 1.26. The Kier molecular flexibility index (Phi) is 10.1. The maximum atomic E-state index is 10.1. The van der Waals surface area contributed by atoms with Crippen LogP contribution in [0, 0.1) is 0 Å². The third-order valence-electron chi connectivity index (χ3n) is 0.674. The quantitative estimate of drug-likeness (QED) is 0.323. The first kappa shape index (κ1) is 13.2. The summed E-state index contributed by atoms with van der Waals surface area (Å²) in [5.41, 5.74) is 0. The van der Waals surface area contributed by atoms with Crippen molar-refractivity contribution in [2.24, 2.45) is 0 Å². The second-order valence-corrected chi connectivity index (χ2v) is 1.55. The van der Waals surface area contributed by atoms with E-state index in [0.29, 0.717) is 0 Å². The fourth-order valence-corrected chi connectivity index (χ4v) is 0.278. The monoisotopic (exact) mass is 170 g/mol. The molecular formula is C5H7KO4. The van der Waals surface area contributed by atoms with E-state index in [1.165, 1.54) is 6.92 Å². The molecule has 52 valence electrons. The van der Waals surface area contributed by atoms with E-state index >= 15 is 0 Å². The van der Waals surface area contributed by atoms with Gasteiger partial charge in [0, 0.05) is 13.0 Å². The molecule has 0 N–H and O–H groups in total. The van der Waals surface area contributed by atoms with Gasteiger partial charge in [0.2, 0.25) is 0 Å². The van der Waals surface area contributed by atoms with Gasteiger partial charge < -0.3 is 14.6 Å². The molecule has 0 radical (unpaired) electrons. The molecule has 0 aliphatic heterocycles. The third kappa shape index (κ3) is 11.4. The molecular weight excluding hydrogens is 163 g/mol. The van der Waals surface area contributed by atoms with Crippen molar-refractivity contribution in [1.82, 2.24) is 0 Å². The Morgan fingerprint density at radius 2 is 2.00 bits per heavy atom. The van der Waals surface area contributed by atoms with E-state index in [0.717, 1.165) is 0 Å². The molecule has 0 unspecified atom stereocenters. The molecule has 0 aliphatic carbocycles. The molecule has 10 heavy (non-hydrogen) atoms. The van der Waals surface area contributed by atoms with Crippen LogP contribution in [0.25, 0.3) is 0 Å². The smallest absolute Gasteiger partial charge is 0.549 e. The van der Waals surface area contributed by atoms with Gasteiger partial charge in [-0.3, -0.25) is 4.79 Å². The predicted molar refractivity (Wildman–Crippen MR) is 26.6 cm³/mol. The van der Waals surface area contributed by atoms with Crippen LogP contribution in [0.15, 0.2) is 0 Å². The van der Waals surface area contributed by atoms with Crippen molar-refractivity contribution in [2.45, 2.75) is 13.3 Å². The zero-order chi connectivity index (χ0) is 7.28. The molecule has 0 bridgehead atoms. The first-order chi connectivity index (χ1) is 4.13. The van der Waals surface area contributed by atoms with Crippen LogP contribution >= 0.6 is 0 Å². The van der Waals surface area contributed by atoms with Gasteiger partial charge in [-0.25, -0.2) is 0 Å². The average molecular weight is 170 g/mol. The molecule has 0 spiro atoms. The van der Waals surface area contributed by atoms with E-state index in [4.69, 9.17) is 0 Å². The topological polar surface area (TPSA) is 66.4 Å². The maximum absolute atomic E-state index is 10.1. The molecule has 0 rings (SSSR count). The Labute approximate surface area is 101 Å². The Morgan fingerprint density at radius 3 is 2.30 bits per heavy atom. The molecule has 0 aromatic heterocycles. The van der Waals surface area contributed by atoms with Crippen molar-refractivity contribution in [3.8, 4) is 0 Å². The fourth-order valence-electron chi connectivity index (χ4n) is 0.278. The molecule has 4 nitrogen and oxygen atoms in total. The Morgan fingerprint density at radius 1 is 1.50 bits per heavy atom. The number of carboxylic acid groups (broad SMARTS) is 1. The van der Waals surface area contributed by atoms with Crippen LogP contribution in [-0.4, -0.2) is 18.5 Å². The normalized spacial score (nSPS) is 7.70. The molecule has 0 aromatic rings. The fraction of sp³-hybridized carbons (Fsp3) is 0.600. The number of ketones is 1. The molecule has 0 aliphatic rings. The van der Waals surface area contributed by atoms with Crippen molar-refractivity contribution < 1.29 is 70.8 Å². The summed E-state index contributed by atoms with van der Waals surface area (Å²) >= 11 is 0. The van der Waals surface area contributed by atoms with Gasteiger partial charge in [0.05, 0.1) is 0 Å². The van der Waals surface area contributed by atoms with Crippen LogP contribution in [0.4, 0.5) is 4.79 Å². The molecule has 5 heteroatoms. The minimum Gasteiger partial charge on any atom is -0.549 e. The molecule has 0 amide bonds. The second-order valence-electron chi connectivity index (χ2n) is 1.55. The molecule has 0 atom stereocenters. The summed E-state index contributed by atoms with van der Waals surface area (Å²) in [6, 6.07) is 0. The summed E-state index contributed by atoms with van der Waals surface area (Å²) in [5, 5.41) is 9.54. The van der Waals surface area contributed by atoms with Crippen LogP contribution in [0.5, 0.6) is 0 Å². The number of hydrogen-bond donors (Lipinski definition) is 0. The molecule has 0 fully saturated rings. The van der Waals surface area contributed by atoms with Gasteiger partial charge in [0.1, 0.15) is 5.78 Å². The summed E-state index contributed by atoms with van der Waals surface area (Å²) in [5.74, 6) is -0.101. The van der Waals surface area contributed by atoms with Crippen molar-refractivity contribution in [3.63, 3.8) is 0 Å². The second kappa shape index (κ2) is 7.68. The van der Waals surface area contributed by atoms with Crippen LogP contribution in [0.3, 0.4) is 0 Å². The minimum absolute atomic E-state index is 0. The first-order valence-electron chi connectivity index (χ1n) is 2.46. The summed E-state index contributed by atoms with van der Waals surface area (Å²) in [7, 11) is 0. The Balaban J connectivity index is 0. The number of hydrogen-bond acceptors (Lipinski definition) is 4. The van der Waals surface area contributed by atoms with E-state index in [-0.39, 0.29) is 70.2 Å². The van der Waals surface area contributed by atoms with E-state index in [1.54, 1.807) is 0 Å². The number of rotatable bonds is 3. The van der Waals surface area contributed by atoms with Gasteiger partial charge in [-0.2, -0.15) is 0 Å². The van der Waals surface area contributed by atoms with Gasteiger partial charge in [-0.05, 0) is 6.92 Å². The standard InChI is InChI=1S/C5H8O4.K/c1-4(6)2-3-9-5(7)8;/h2-3H2,1H3,(H,7,8);/q;+1/p-1. The van der Waals surface area contributed by atoms with Gasteiger partial charge in [-0.1, -0.05) is 0 Å². The van der Waals surface area contributed by atoms with Gasteiger partial charge in [0.15, 0.2) is 0 Å². The average Bonchev–Trinajstić information content (AvgIpc) is 1.63. The van der Waals surface area contributed by atoms with Gasteiger partial charge in [0.25, 0.3) is 6.16 Å². The van der Waals surface area contributed by atoms with E-state index in [9.17, 15) is 14.7 Å². The molecule has 0 heterocycles. The minimum atomic E-state index is -1.59. The van der Waals surface area contributed by atoms with E-state index in [1.807, 2.05) is 0 Å². The summed E-state index contributed by atoms with van der Waals surface area (Å²) in [6.07, 6.45) is -1.47. The Bertz CT molecular complexity index is 109. The predicted octanol–water partition coefficient (Wildman–Crippen LogP) is -3.67. The number of carbonyl (C=O) groups excluding carboxylic acids is 2. The van der Waals surface area contributed by atoms with Crippen LogP contribution in [0.1, 0.15) is 13.3 Å². The number of carbonyl (C=O) groups is 2. The zero-order valence-electron chi connectivity index (χ0n) is 6.05. The van der Waals surface area contributed by atoms with Crippen molar-refractivity contribution >= 4 is 11.9 Å². The van der Waals surface area contributed by atoms with Crippen LogP contribution in [-0.2, 0) is 9.53 Å². The van der Waals surface area contributed by atoms with Crippen LogP contribution < -0.4 is 56.5 Å². The third-order valence-corrected chi connectivity index (χ3v) is 0.674. The van der Waals surface area contributed by atoms with Crippen molar-refractivity contribution in [1.29, 1.82) is 0 Å². The first-order valence-corrected chi connectivity index (χ1v) is 2.46. The Hall–Kier alpha value is 0.576. The zero-order valence-corrected chi connectivity index (χ0v) is 9.17. The maximum Gasteiger partial charge on any atom is 1.00 e. The largest absolute Gasteiger partial charge is 1.00 e. The van der Waals surface area contributed by atoms with E-state index in [2.05, 4.69) is 4.74 Å². The van der Waals surface area contributed by atoms with Crippen molar-refractivity contribution in [3.05, 3.63) is 0 Å². The summed E-state index contributed by atoms with van der Waals surface area (Å²) < 4.78 is 3.94. The number of ether oxygens (including phenoxy) is 1. The molecule has 0 saturated heterocycles. The number of Topliss-reactive ketones (excluding diaryl/α,β-unsaturated/α-hetero) is 1. The summed E-state index contributed by atoms with van der Waals surface area (Å²) in [4.78, 5) is 19.7. The van der Waals surface area contributed by atoms with Gasteiger partial charge in [-0.15, -0.1) is 0 Å². The molecule has 0 saturated carbocycles. The van der Waals surface area contributed by atoms with Crippen molar-refractivity contribution in [2.75, 3.05) is 6.61 Å². The van der Waals surface area contributed by atoms with E-state index < -0.39 is 6.16 Å². The molecule has 0 aromatic carbocycles. The van der Waals surface area contributed by atoms with Crippen LogP contribution in [0.2, 0.25) is 0 Å². The van der Waals surface area contributed by atoms with Gasteiger partial charge >= 0.3 is 51.4 Å². The SMILES string of the molecule is CC(=O)CCOC(=O)[O-].[K+].